The van der Waals surface area contributed by atoms with Gasteiger partial charge in [0.1, 0.15) is 23.1 Å². The molecule has 4 aromatic heterocycles. The summed E-state index contributed by atoms with van der Waals surface area (Å²) in [6, 6.07) is 1.80. The summed E-state index contributed by atoms with van der Waals surface area (Å²) < 4.78 is 16.4. The number of halogens is 2. The molecule has 4 heterocycles. The van der Waals surface area contributed by atoms with Crippen LogP contribution in [0.3, 0.4) is 0 Å². The topological polar surface area (TPSA) is 104 Å². The summed E-state index contributed by atoms with van der Waals surface area (Å²) in [6.45, 7) is 30.9. The Morgan fingerprint density at radius 3 is 0.542 bits per heavy atom. The molecule has 22 heteroatoms. The molecule has 0 aliphatic heterocycles. The zero-order valence-electron chi connectivity index (χ0n) is 49.0. The van der Waals surface area contributed by atoms with Gasteiger partial charge in [0.2, 0.25) is 25.3 Å². The van der Waals surface area contributed by atoms with E-state index in [9.17, 15) is 19.2 Å². The van der Waals surface area contributed by atoms with Gasteiger partial charge < -0.3 is 149 Å². The Balaban J connectivity index is -0.0000000257. The minimum Gasteiger partial charge on any atom is -1.00 e. The van der Waals surface area contributed by atoms with Gasteiger partial charge in [-0.1, -0.05) is 0 Å². The van der Waals surface area contributed by atoms with E-state index in [1.54, 1.807) is 23.5 Å². The first kappa shape index (κ1) is 135. The van der Waals surface area contributed by atoms with Gasteiger partial charge >= 0.3 is 129 Å². The Morgan fingerprint density at radius 2 is 0.472 bits per heavy atom. The summed E-state index contributed by atoms with van der Waals surface area (Å²) in [5, 5.41) is 0. The van der Waals surface area contributed by atoms with Crippen LogP contribution in [0.2, 0.25) is 0 Å². The number of nitrogens with zero attached hydrogens (tertiary/aromatic N) is 8. The first-order chi connectivity index (χ1) is 25.9. The van der Waals surface area contributed by atoms with Crippen LogP contribution >= 0.6 is 23.5 Å². The number of carbonyl (C=O) groups is 4. The molecular weight excluding hydrogens is 2000 g/mol. The third kappa shape index (κ3) is 93.9. The van der Waals surface area contributed by atoms with Gasteiger partial charge in [0.15, 0.2) is 13.3 Å². The molecule has 0 spiro atoms. The molecule has 0 fully saturated rings. The van der Waals surface area contributed by atoms with Gasteiger partial charge in [-0.25, -0.2) is 0 Å². The summed E-state index contributed by atoms with van der Waals surface area (Å²) in [5.41, 5.74) is 0. The van der Waals surface area contributed by atoms with Gasteiger partial charge in [0.05, 0.1) is 24.2 Å². The first-order valence-electron chi connectivity index (χ1n) is 18.6. The van der Waals surface area contributed by atoms with Crippen molar-refractivity contribution in [1.82, 2.24) is 18.3 Å². The van der Waals surface area contributed by atoms with Crippen molar-refractivity contribution in [1.29, 1.82) is 0 Å². The smallest absolute Gasteiger partial charge is 1.00 e. The SMILES string of the molecule is CC(C)=O.CC(C)=O.CC(C)=O.CC(C)=O.CC(C)[n+]1[c-]n(Cn2[c-][n+](C(C)C)cc2)cc1.CC(C)[n+]1[c-]n(Cn2[c-][n+](C(C)C)cc2)cc1.CSC.CSC.[Ag+].[Ag+].[Br-].[Br-].[CH3-].[CH3-].[CH3-].[CH3-].[CH3-].[CH3-].[CH3-].[CH3-].[Pt+2].[Pt+2].[Pt+2].[Pt+2]. The second-order valence-electron chi connectivity index (χ2n) is 14.2. The molecule has 0 aliphatic carbocycles. The standard InChI is InChI=1S/2C13H20N4.4C3H6O.2C2H6S.8CH3.2Ag.2BrH.4Pt/c2*1-12(2)16-7-5-14(10-16)9-15-6-8-17(11-15)13(3)4;4*1-3(2)4;2*1-3-2;;;;;;;;;;;;;;;;/h2*5-8,12-13H,9H2,1-4H3;4*1-2H3;2*1-2H3;8*1H3;;;2*1H;;;;/q;;;;;;;;8*-1;2*+1;;;4*+2/p-2. The largest absolute Gasteiger partial charge is 2.00 e. The Hall–Kier alpha value is 1.41. The van der Waals surface area contributed by atoms with Crippen LogP contribution in [0.25, 0.3) is 0 Å². The van der Waals surface area contributed by atoms with Gasteiger partial charge in [-0.2, -0.15) is 23.5 Å². The van der Waals surface area contributed by atoms with Crippen LogP contribution in [-0.2, 0) is 162 Å². The molecule has 12 nitrogen and oxygen atoms in total. The van der Waals surface area contributed by atoms with Crippen molar-refractivity contribution in [2.45, 2.75) is 148 Å². The van der Waals surface area contributed by atoms with Crippen LogP contribution in [-0.4, -0.2) is 66.4 Å². The summed E-state index contributed by atoms with van der Waals surface area (Å²) >= 11 is 3.50. The number of thioether (sulfide) groups is 2. The zero-order valence-corrected chi connectivity index (χ0v) is 65.9. The van der Waals surface area contributed by atoms with Gasteiger partial charge in [-0.15, -0.1) is 0 Å². The molecular formula is C50H100Ag2Br2N8O4Pt4S2. The number of rotatable bonds is 8. The number of aromatic nitrogens is 8. The maximum absolute atomic E-state index is 9.44. The van der Waals surface area contributed by atoms with Crippen LogP contribution in [0.1, 0.15) is 135 Å². The second-order valence-corrected chi connectivity index (χ2v) is 15.8. The number of hydrogen-bond donors (Lipinski definition) is 0. The zero-order chi connectivity index (χ0) is 44.6. The minimum absolute atomic E-state index is 0. The molecule has 0 atom stereocenters. The van der Waals surface area contributed by atoms with E-state index in [1.807, 2.05) is 92.9 Å². The van der Waals surface area contributed by atoms with E-state index in [1.165, 1.54) is 55.4 Å². The van der Waals surface area contributed by atoms with E-state index in [2.05, 4.69) is 99.0 Å². The van der Waals surface area contributed by atoms with Gasteiger partial charge in [-0.3, -0.25) is 0 Å². The molecule has 0 aliphatic rings. The fourth-order valence-electron chi connectivity index (χ4n) is 3.26. The first-order valence-corrected chi connectivity index (χ1v) is 21.8. The minimum atomic E-state index is 0. The average Bonchev–Trinajstić information content (AvgIpc) is 3.86. The third-order valence-corrected chi connectivity index (χ3v) is 5.44. The van der Waals surface area contributed by atoms with E-state index in [0.717, 1.165) is 13.3 Å². The molecule has 0 unspecified atom stereocenters. The predicted molar refractivity (Wildman–Crippen MR) is 282 cm³/mol. The Labute approximate surface area is 566 Å². The summed E-state index contributed by atoms with van der Waals surface area (Å²) in [5.74, 6) is 0.667. The number of Topliss-reactive ketones (excluding diaryl/α,β-unsaturated/α-hetero) is 4. The monoisotopic (exact) mass is 2090 g/mol. The third-order valence-electron chi connectivity index (χ3n) is 5.44. The maximum atomic E-state index is 9.44. The Bertz CT molecular complexity index is 1390. The van der Waals surface area contributed by atoms with Crippen molar-refractivity contribution in [3.05, 3.63) is 134 Å². The van der Waals surface area contributed by atoms with Crippen LogP contribution < -0.4 is 52.2 Å². The fraction of sp³-hybridized carbons (Fsp3) is 0.520. The van der Waals surface area contributed by atoms with Gasteiger partial charge in [0, 0.05) is 0 Å². The number of carbonyl (C=O) groups excluding carboxylic acids is 4. The number of hydrogen-bond acceptors (Lipinski definition) is 6. The quantitative estimate of drug-likeness (QED) is 0.149. The van der Waals surface area contributed by atoms with Crippen molar-refractivity contribution in [3.8, 4) is 0 Å². The maximum Gasteiger partial charge on any atom is 2.00 e. The fourth-order valence-corrected chi connectivity index (χ4v) is 3.26. The number of ketones is 4. The van der Waals surface area contributed by atoms with Gasteiger partial charge in [-0.05, 0) is 185 Å². The Morgan fingerprint density at radius 1 is 0.375 bits per heavy atom. The summed E-state index contributed by atoms with van der Waals surface area (Å²) in [4.78, 5) is 37.8. The van der Waals surface area contributed by atoms with Gasteiger partial charge in [0.25, 0.3) is 0 Å². The molecule has 0 saturated heterocycles. The van der Waals surface area contributed by atoms with Crippen molar-refractivity contribution in [2.75, 3.05) is 25.0 Å². The molecule has 452 valence electrons. The predicted octanol–water partition coefficient (Wildman–Crippen LogP) is 4.20. The molecule has 0 N–H and O–H groups in total. The normalized spacial score (nSPS) is 7.44. The van der Waals surface area contributed by atoms with E-state index < -0.39 is 0 Å². The summed E-state index contributed by atoms with van der Waals surface area (Å²) in [7, 11) is 0. The molecule has 0 amide bonds. The van der Waals surface area contributed by atoms with Crippen molar-refractivity contribution < 1.29 is 200 Å². The van der Waals surface area contributed by atoms with Crippen LogP contribution in [0, 0.1) is 84.7 Å². The molecule has 0 aromatic carbocycles. The van der Waals surface area contributed by atoms with Crippen molar-refractivity contribution in [3.63, 3.8) is 0 Å². The average molecular weight is 2100 g/mol. The second kappa shape index (κ2) is 86.3. The van der Waals surface area contributed by atoms with Crippen molar-refractivity contribution >= 4 is 46.7 Å². The molecule has 0 radical (unpaired) electrons. The van der Waals surface area contributed by atoms with Crippen LogP contribution in [0.15, 0.2) is 49.6 Å². The van der Waals surface area contributed by atoms with E-state index in [-0.39, 0.29) is 246 Å². The van der Waals surface area contributed by atoms with Crippen LogP contribution in [0.4, 0.5) is 0 Å². The molecule has 0 saturated carbocycles. The summed E-state index contributed by atoms with van der Waals surface area (Å²) in [6.07, 6.45) is 37.6. The van der Waals surface area contributed by atoms with Crippen LogP contribution in [0.5, 0.6) is 0 Å². The number of imidazole rings is 4. The molecule has 4 aromatic rings. The van der Waals surface area contributed by atoms with E-state index >= 15 is 0 Å². The van der Waals surface area contributed by atoms with E-state index in [4.69, 9.17) is 0 Å². The van der Waals surface area contributed by atoms with Crippen molar-refractivity contribution in [2.24, 2.45) is 0 Å². The molecule has 0 bridgehead atoms. The molecule has 72 heavy (non-hydrogen) atoms. The van der Waals surface area contributed by atoms with E-state index in [0.29, 0.717) is 24.2 Å². The molecule has 4 rings (SSSR count). The Kier molecular flexibility index (Phi) is 162.